The van der Waals surface area contributed by atoms with Crippen molar-refractivity contribution in [2.75, 3.05) is 14.2 Å². The Morgan fingerprint density at radius 3 is 2.07 bits per heavy atom. The van der Waals surface area contributed by atoms with Gasteiger partial charge in [0.05, 0.1) is 13.7 Å². The van der Waals surface area contributed by atoms with Gasteiger partial charge in [-0.2, -0.15) is 0 Å². The maximum atomic E-state index is 9.59. The van der Waals surface area contributed by atoms with Crippen molar-refractivity contribution in [1.29, 1.82) is 0 Å². The fourth-order valence-corrected chi connectivity index (χ4v) is 0.741. The SMILES string of the molecule is COC(C)=O.COCc1ccccc1. The van der Waals surface area contributed by atoms with Crippen molar-refractivity contribution in [3.63, 3.8) is 0 Å². The largest absolute Gasteiger partial charge is 0.469 e. The van der Waals surface area contributed by atoms with Gasteiger partial charge in [-0.25, -0.2) is 0 Å². The van der Waals surface area contributed by atoms with E-state index < -0.39 is 0 Å². The molecule has 0 saturated carbocycles. The number of esters is 1. The molecule has 1 aromatic carbocycles. The molecule has 1 aromatic rings. The maximum absolute atomic E-state index is 9.59. The van der Waals surface area contributed by atoms with Gasteiger partial charge in [0.2, 0.25) is 0 Å². The first-order chi connectivity index (χ1) is 6.70. The molecule has 0 aliphatic rings. The molecule has 1 rings (SSSR count). The zero-order chi connectivity index (χ0) is 10.8. The van der Waals surface area contributed by atoms with E-state index in [0.29, 0.717) is 6.61 Å². The predicted octanol–water partition coefficient (Wildman–Crippen LogP) is 2.01. The van der Waals surface area contributed by atoms with Crippen molar-refractivity contribution in [3.05, 3.63) is 35.9 Å². The molecule has 0 aliphatic heterocycles. The van der Waals surface area contributed by atoms with Crippen molar-refractivity contribution in [3.8, 4) is 0 Å². The molecule has 0 spiro atoms. The molecule has 0 aliphatic carbocycles. The molecule has 0 N–H and O–H groups in total. The third kappa shape index (κ3) is 7.31. The van der Waals surface area contributed by atoms with E-state index >= 15 is 0 Å². The van der Waals surface area contributed by atoms with Crippen molar-refractivity contribution in [1.82, 2.24) is 0 Å². The zero-order valence-electron chi connectivity index (χ0n) is 8.82. The Balaban J connectivity index is 0.000000292. The molecule has 0 atom stereocenters. The van der Waals surface area contributed by atoms with Crippen LogP contribution in [-0.2, 0) is 20.9 Å². The summed E-state index contributed by atoms with van der Waals surface area (Å²) < 4.78 is 9.04. The first kappa shape index (κ1) is 12.7. The average Bonchev–Trinajstić information content (AvgIpc) is 2.21. The van der Waals surface area contributed by atoms with Gasteiger partial charge >= 0.3 is 5.97 Å². The van der Waals surface area contributed by atoms with Gasteiger partial charge in [-0.3, -0.25) is 4.79 Å². The lowest BCUT2D eigenvalue weighted by atomic mass is 10.2. The normalized spacial score (nSPS) is 8.50. The molecule has 3 nitrogen and oxygen atoms in total. The molecular weight excluding hydrogens is 180 g/mol. The van der Waals surface area contributed by atoms with Gasteiger partial charge in [-0.05, 0) is 5.56 Å². The van der Waals surface area contributed by atoms with E-state index in [1.165, 1.54) is 19.6 Å². The number of rotatable bonds is 2. The first-order valence-electron chi connectivity index (χ1n) is 4.28. The molecule has 0 fully saturated rings. The van der Waals surface area contributed by atoms with Gasteiger partial charge in [0, 0.05) is 14.0 Å². The van der Waals surface area contributed by atoms with Crippen LogP contribution in [0.15, 0.2) is 30.3 Å². The Bertz CT molecular complexity index is 244. The lowest BCUT2D eigenvalue weighted by molar-refractivity contribution is -0.137. The van der Waals surface area contributed by atoms with Gasteiger partial charge in [-0.15, -0.1) is 0 Å². The molecule has 0 unspecified atom stereocenters. The molecule has 0 heterocycles. The highest BCUT2D eigenvalue weighted by Gasteiger charge is 1.84. The maximum Gasteiger partial charge on any atom is 0.302 e. The highest BCUT2D eigenvalue weighted by Crippen LogP contribution is 1.98. The molecular formula is C11H16O3. The van der Waals surface area contributed by atoms with Crippen LogP contribution in [0.2, 0.25) is 0 Å². The van der Waals surface area contributed by atoms with Crippen LogP contribution in [0.5, 0.6) is 0 Å². The molecule has 78 valence electrons. The molecule has 0 aromatic heterocycles. The van der Waals surface area contributed by atoms with Gasteiger partial charge in [0.25, 0.3) is 0 Å². The summed E-state index contributed by atoms with van der Waals surface area (Å²) in [6, 6.07) is 10.1. The lowest BCUT2D eigenvalue weighted by Gasteiger charge is -1.95. The summed E-state index contributed by atoms with van der Waals surface area (Å²) in [5.74, 6) is -0.245. The van der Waals surface area contributed by atoms with E-state index in [9.17, 15) is 4.79 Å². The second kappa shape index (κ2) is 8.26. The van der Waals surface area contributed by atoms with Crippen molar-refractivity contribution in [2.45, 2.75) is 13.5 Å². The number of carbonyl (C=O) groups excluding carboxylic acids is 1. The monoisotopic (exact) mass is 196 g/mol. The topological polar surface area (TPSA) is 35.5 Å². The van der Waals surface area contributed by atoms with Crippen LogP contribution in [0.4, 0.5) is 0 Å². The third-order valence-electron chi connectivity index (χ3n) is 1.44. The minimum atomic E-state index is -0.245. The molecule has 0 amide bonds. The standard InChI is InChI=1S/C8H10O.C3H6O2/c1-9-7-8-5-3-2-4-6-8;1-3(4)5-2/h2-6H,7H2,1H3;1-2H3. The second-order valence-electron chi connectivity index (χ2n) is 2.61. The van der Waals surface area contributed by atoms with E-state index in [-0.39, 0.29) is 5.97 Å². The highest BCUT2D eigenvalue weighted by atomic mass is 16.5. The Kier molecular flexibility index (Phi) is 7.46. The van der Waals surface area contributed by atoms with Crippen LogP contribution in [0, 0.1) is 0 Å². The summed E-state index contributed by atoms with van der Waals surface area (Å²) in [6.45, 7) is 2.07. The first-order valence-corrected chi connectivity index (χ1v) is 4.28. The number of hydrogen-bond donors (Lipinski definition) is 0. The summed E-state index contributed by atoms with van der Waals surface area (Å²) in [5.41, 5.74) is 1.22. The minimum Gasteiger partial charge on any atom is -0.469 e. The Morgan fingerprint density at radius 1 is 1.21 bits per heavy atom. The summed E-state index contributed by atoms with van der Waals surface area (Å²) in [4.78, 5) is 9.59. The van der Waals surface area contributed by atoms with E-state index in [2.05, 4.69) is 4.74 Å². The van der Waals surface area contributed by atoms with Crippen molar-refractivity contribution >= 4 is 5.97 Å². The van der Waals surface area contributed by atoms with E-state index in [1.807, 2.05) is 30.3 Å². The zero-order valence-corrected chi connectivity index (χ0v) is 8.82. The van der Waals surface area contributed by atoms with Gasteiger partial charge in [0.15, 0.2) is 0 Å². The second-order valence-corrected chi connectivity index (χ2v) is 2.61. The summed E-state index contributed by atoms with van der Waals surface area (Å²) in [5, 5.41) is 0. The van der Waals surface area contributed by atoms with Crippen LogP contribution in [0.1, 0.15) is 12.5 Å². The average molecular weight is 196 g/mol. The van der Waals surface area contributed by atoms with E-state index in [1.54, 1.807) is 7.11 Å². The van der Waals surface area contributed by atoms with Crippen molar-refractivity contribution < 1.29 is 14.3 Å². The number of ether oxygens (including phenoxy) is 2. The molecule has 0 bridgehead atoms. The molecule has 0 saturated heterocycles. The van der Waals surface area contributed by atoms with Gasteiger partial charge in [0.1, 0.15) is 0 Å². The molecule has 14 heavy (non-hydrogen) atoms. The fraction of sp³-hybridized carbons (Fsp3) is 0.364. The molecule has 0 radical (unpaired) electrons. The van der Waals surface area contributed by atoms with Crippen LogP contribution in [0.25, 0.3) is 0 Å². The van der Waals surface area contributed by atoms with E-state index in [4.69, 9.17) is 4.74 Å². The highest BCUT2D eigenvalue weighted by molar-refractivity contribution is 5.65. The quantitative estimate of drug-likeness (QED) is 0.679. The van der Waals surface area contributed by atoms with Crippen LogP contribution in [0.3, 0.4) is 0 Å². The summed E-state index contributed by atoms with van der Waals surface area (Å²) in [6.07, 6.45) is 0. The van der Waals surface area contributed by atoms with Crippen LogP contribution < -0.4 is 0 Å². The molecule has 3 heteroatoms. The smallest absolute Gasteiger partial charge is 0.302 e. The number of benzene rings is 1. The summed E-state index contributed by atoms with van der Waals surface area (Å²) >= 11 is 0. The van der Waals surface area contributed by atoms with Crippen LogP contribution >= 0.6 is 0 Å². The van der Waals surface area contributed by atoms with Crippen LogP contribution in [-0.4, -0.2) is 20.2 Å². The van der Waals surface area contributed by atoms with Crippen molar-refractivity contribution in [2.24, 2.45) is 0 Å². The lowest BCUT2D eigenvalue weighted by Crippen LogP contribution is -1.88. The number of carbonyl (C=O) groups is 1. The Morgan fingerprint density at radius 2 is 1.71 bits per heavy atom. The Labute approximate surface area is 84.7 Å². The number of methoxy groups -OCH3 is 2. The Hall–Kier alpha value is -1.35. The fourth-order valence-electron chi connectivity index (χ4n) is 0.741. The van der Waals surface area contributed by atoms with E-state index in [0.717, 1.165) is 0 Å². The minimum absolute atomic E-state index is 0.245. The van der Waals surface area contributed by atoms with Gasteiger partial charge < -0.3 is 9.47 Å². The summed E-state index contributed by atoms with van der Waals surface area (Å²) in [7, 11) is 3.05. The van der Waals surface area contributed by atoms with Gasteiger partial charge in [-0.1, -0.05) is 30.3 Å². The number of hydrogen-bond acceptors (Lipinski definition) is 3. The predicted molar refractivity (Wildman–Crippen MR) is 54.8 cm³/mol. The third-order valence-corrected chi connectivity index (χ3v) is 1.44.